The standard InChI is InChI=1S/C8H10BrNO/c1-11-5-3-7-2-4-10-6-8(7)9/h2,4,6H,3,5H2,1H3. The molecule has 3 heteroatoms. The van der Waals surface area contributed by atoms with Crippen molar-refractivity contribution in [3.63, 3.8) is 0 Å². The fourth-order valence-corrected chi connectivity index (χ4v) is 1.27. The van der Waals surface area contributed by atoms with E-state index in [1.54, 1.807) is 19.5 Å². The van der Waals surface area contributed by atoms with E-state index in [4.69, 9.17) is 4.74 Å². The first-order chi connectivity index (χ1) is 5.34. The lowest BCUT2D eigenvalue weighted by molar-refractivity contribution is 0.202. The molecule has 0 amide bonds. The summed E-state index contributed by atoms with van der Waals surface area (Å²) in [5.74, 6) is 0. The minimum atomic E-state index is 0.753. The number of methoxy groups -OCH3 is 1. The van der Waals surface area contributed by atoms with Gasteiger partial charge in [-0.2, -0.15) is 0 Å². The van der Waals surface area contributed by atoms with Crippen LogP contribution >= 0.6 is 15.9 Å². The molecule has 1 aromatic rings. The van der Waals surface area contributed by atoms with E-state index in [0.29, 0.717) is 0 Å². The van der Waals surface area contributed by atoms with Crippen molar-refractivity contribution in [3.8, 4) is 0 Å². The highest BCUT2D eigenvalue weighted by Gasteiger charge is 1.96. The summed E-state index contributed by atoms with van der Waals surface area (Å²) in [6, 6.07) is 1.99. The average Bonchev–Trinajstić information content (AvgIpc) is 2.03. The number of hydrogen-bond donors (Lipinski definition) is 0. The molecule has 0 aromatic carbocycles. The number of pyridine rings is 1. The Balaban J connectivity index is 2.62. The zero-order valence-electron chi connectivity index (χ0n) is 6.38. The van der Waals surface area contributed by atoms with E-state index in [1.807, 2.05) is 6.07 Å². The third-order valence-electron chi connectivity index (χ3n) is 1.43. The Morgan fingerprint density at radius 1 is 1.64 bits per heavy atom. The van der Waals surface area contributed by atoms with Crippen molar-refractivity contribution < 1.29 is 4.74 Å². The van der Waals surface area contributed by atoms with Gasteiger partial charge in [-0.25, -0.2) is 0 Å². The van der Waals surface area contributed by atoms with Gasteiger partial charge in [0.15, 0.2) is 0 Å². The van der Waals surface area contributed by atoms with Gasteiger partial charge in [0.2, 0.25) is 0 Å². The normalized spacial score (nSPS) is 10.0. The van der Waals surface area contributed by atoms with Gasteiger partial charge in [-0.05, 0) is 34.0 Å². The predicted octanol–water partition coefficient (Wildman–Crippen LogP) is 2.03. The molecule has 0 aliphatic rings. The molecule has 0 aliphatic carbocycles. The van der Waals surface area contributed by atoms with Crippen LogP contribution in [-0.4, -0.2) is 18.7 Å². The number of rotatable bonds is 3. The molecule has 0 fully saturated rings. The van der Waals surface area contributed by atoms with E-state index in [-0.39, 0.29) is 0 Å². The van der Waals surface area contributed by atoms with Crippen molar-refractivity contribution in [3.05, 3.63) is 28.5 Å². The van der Waals surface area contributed by atoms with Crippen molar-refractivity contribution in [2.75, 3.05) is 13.7 Å². The van der Waals surface area contributed by atoms with Gasteiger partial charge in [0.25, 0.3) is 0 Å². The van der Waals surface area contributed by atoms with E-state index in [0.717, 1.165) is 17.5 Å². The number of ether oxygens (including phenoxy) is 1. The quantitative estimate of drug-likeness (QED) is 0.771. The van der Waals surface area contributed by atoms with Crippen molar-refractivity contribution in [1.29, 1.82) is 0 Å². The van der Waals surface area contributed by atoms with Crippen LogP contribution in [0.5, 0.6) is 0 Å². The number of aromatic nitrogens is 1. The largest absolute Gasteiger partial charge is 0.384 e. The molecular weight excluding hydrogens is 206 g/mol. The van der Waals surface area contributed by atoms with Gasteiger partial charge in [0.1, 0.15) is 0 Å². The van der Waals surface area contributed by atoms with Crippen LogP contribution in [0.15, 0.2) is 22.9 Å². The minimum Gasteiger partial charge on any atom is -0.384 e. The summed E-state index contributed by atoms with van der Waals surface area (Å²) in [5, 5.41) is 0. The number of halogens is 1. The summed E-state index contributed by atoms with van der Waals surface area (Å²) >= 11 is 3.41. The van der Waals surface area contributed by atoms with E-state index >= 15 is 0 Å². The zero-order chi connectivity index (χ0) is 8.10. The van der Waals surface area contributed by atoms with E-state index in [2.05, 4.69) is 20.9 Å². The molecule has 0 atom stereocenters. The van der Waals surface area contributed by atoms with Crippen LogP contribution in [0, 0.1) is 0 Å². The molecule has 0 radical (unpaired) electrons. The lowest BCUT2D eigenvalue weighted by Crippen LogP contribution is -1.95. The summed E-state index contributed by atoms with van der Waals surface area (Å²) < 4.78 is 6.01. The molecule has 2 nitrogen and oxygen atoms in total. The Bertz CT molecular complexity index is 227. The van der Waals surface area contributed by atoms with Crippen LogP contribution in [0.25, 0.3) is 0 Å². The van der Waals surface area contributed by atoms with E-state index < -0.39 is 0 Å². The van der Waals surface area contributed by atoms with Crippen LogP contribution in [0.3, 0.4) is 0 Å². The molecule has 1 aromatic heterocycles. The summed E-state index contributed by atoms with van der Waals surface area (Å²) in [6.45, 7) is 0.753. The Kier molecular flexibility index (Phi) is 3.52. The second-order valence-corrected chi connectivity index (χ2v) is 3.06. The summed E-state index contributed by atoms with van der Waals surface area (Å²) in [4.78, 5) is 3.97. The Morgan fingerprint density at radius 2 is 2.45 bits per heavy atom. The molecule has 1 heterocycles. The molecule has 60 valence electrons. The molecule has 0 spiro atoms. The lowest BCUT2D eigenvalue weighted by Gasteiger charge is -2.01. The van der Waals surface area contributed by atoms with Crippen molar-refractivity contribution >= 4 is 15.9 Å². The van der Waals surface area contributed by atoms with Crippen LogP contribution in [-0.2, 0) is 11.2 Å². The first-order valence-corrected chi connectivity index (χ1v) is 4.21. The van der Waals surface area contributed by atoms with Gasteiger partial charge in [0.05, 0.1) is 6.61 Å². The highest BCUT2D eigenvalue weighted by atomic mass is 79.9. The van der Waals surface area contributed by atoms with Gasteiger partial charge in [-0.1, -0.05) is 0 Å². The summed E-state index contributed by atoms with van der Waals surface area (Å²) in [6.07, 6.45) is 4.51. The summed E-state index contributed by atoms with van der Waals surface area (Å²) in [7, 11) is 1.70. The number of nitrogens with zero attached hydrogens (tertiary/aromatic N) is 1. The van der Waals surface area contributed by atoms with Crippen molar-refractivity contribution in [2.45, 2.75) is 6.42 Å². The predicted molar refractivity (Wildman–Crippen MR) is 47.5 cm³/mol. The van der Waals surface area contributed by atoms with Gasteiger partial charge >= 0.3 is 0 Å². The zero-order valence-corrected chi connectivity index (χ0v) is 7.97. The van der Waals surface area contributed by atoms with Crippen LogP contribution in [0.4, 0.5) is 0 Å². The maximum atomic E-state index is 4.96. The topological polar surface area (TPSA) is 22.1 Å². The second-order valence-electron chi connectivity index (χ2n) is 2.21. The van der Waals surface area contributed by atoms with E-state index in [1.165, 1.54) is 5.56 Å². The molecule has 0 aliphatic heterocycles. The molecule has 1 rings (SSSR count). The van der Waals surface area contributed by atoms with Gasteiger partial charge in [-0.3, -0.25) is 4.98 Å². The van der Waals surface area contributed by atoms with Crippen LogP contribution in [0.2, 0.25) is 0 Å². The molecule has 11 heavy (non-hydrogen) atoms. The maximum Gasteiger partial charge on any atom is 0.0503 e. The van der Waals surface area contributed by atoms with Crippen molar-refractivity contribution in [2.24, 2.45) is 0 Å². The fourth-order valence-electron chi connectivity index (χ4n) is 0.819. The third kappa shape index (κ3) is 2.60. The minimum absolute atomic E-state index is 0.753. The lowest BCUT2D eigenvalue weighted by atomic mass is 10.2. The first kappa shape index (κ1) is 8.68. The molecule has 0 bridgehead atoms. The molecular formula is C8H10BrNO. The average molecular weight is 216 g/mol. The summed E-state index contributed by atoms with van der Waals surface area (Å²) in [5.41, 5.74) is 1.24. The highest BCUT2D eigenvalue weighted by molar-refractivity contribution is 9.10. The maximum absolute atomic E-state index is 4.96. The van der Waals surface area contributed by atoms with E-state index in [9.17, 15) is 0 Å². The van der Waals surface area contributed by atoms with Gasteiger partial charge in [0, 0.05) is 24.0 Å². The number of hydrogen-bond acceptors (Lipinski definition) is 2. The molecule has 0 saturated carbocycles. The van der Waals surface area contributed by atoms with Gasteiger partial charge < -0.3 is 4.74 Å². The molecule has 0 unspecified atom stereocenters. The SMILES string of the molecule is COCCc1ccncc1Br. The Labute approximate surface area is 74.7 Å². The smallest absolute Gasteiger partial charge is 0.0503 e. The Hall–Kier alpha value is -0.410. The monoisotopic (exact) mass is 215 g/mol. The second kappa shape index (κ2) is 4.46. The first-order valence-electron chi connectivity index (χ1n) is 3.42. The molecule has 0 saturated heterocycles. The Morgan fingerprint density at radius 3 is 3.09 bits per heavy atom. The fraction of sp³-hybridized carbons (Fsp3) is 0.375. The van der Waals surface area contributed by atoms with Crippen molar-refractivity contribution in [1.82, 2.24) is 4.98 Å². The van der Waals surface area contributed by atoms with Gasteiger partial charge in [-0.15, -0.1) is 0 Å². The molecule has 0 N–H and O–H groups in total. The van der Waals surface area contributed by atoms with Crippen LogP contribution < -0.4 is 0 Å². The van der Waals surface area contributed by atoms with Crippen LogP contribution in [0.1, 0.15) is 5.56 Å². The third-order valence-corrected chi connectivity index (χ3v) is 2.15. The highest BCUT2D eigenvalue weighted by Crippen LogP contribution is 2.14.